The van der Waals surface area contributed by atoms with Crippen LogP contribution in [0.15, 0.2) is 109 Å². The van der Waals surface area contributed by atoms with Gasteiger partial charge in [0.2, 0.25) is 5.91 Å². The molecular formula is C80H145N2O6P. The number of quaternary nitrogens is 1. The molecule has 0 rings (SSSR count). The van der Waals surface area contributed by atoms with E-state index in [1.165, 1.54) is 238 Å². The Morgan fingerprint density at radius 1 is 0.404 bits per heavy atom. The van der Waals surface area contributed by atoms with Crippen LogP contribution in [0.2, 0.25) is 0 Å². The lowest BCUT2D eigenvalue weighted by molar-refractivity contribution is -0.870. The maximum absolute atomic E-state index is 13.1. The average Bonchev–Trinajstić information content (AvgIpc) is 3.57. The predicted molar refractivity (Wildman–Crippen MR) is 389 cm³/mol. The van der Waals surface area contributed by atoms with Gasteiger partial charge in [-0.05, 0) is 96.3 Å². The third-order valence-electron chi connectivity index (χ3n) is 16.7. The number of aliphatic hydroxyl groups is 1. The zero-order chi connectivity index (χ0) is 64.8. The van der Waals surface area contributed by atoms with Gasteiger partial charge < -0.3 is 28.8 Å². The minimum Gasteiger partial charge on any atom is -0.756 e. The van der Waals surface area contributed by atoms with Crippen LogP contribution in [-0.2, 0) is 18.4 Å². The Morgan fingerprint density at radius 2 is 0.697 bits per heavy atom. The Hall–Kier alpha value is -2.84. The van der Waals surface area contributed by atoms with E-state index < -0.39 is 26.6 Å². The minimum atomic E-state index is -4.62. The Kier molecular flexibility index (Phi) is 67.3. The number of nitrogens with one attached hydrogen (secondary N) is 1. The van der Waals surface area contributed by atoms with Crippen molar-refractivity contribution in [3.63, 3.8) is 0 Å². The Labute approximate surface area is 552 Å². The van der Waals surface area contributed by atoms with E-state index in [4.69, 9.17) is 9.05 Å². The molecule has 0 saturated carbocycles. The second-order valence-electron chi connectivity index (χ2n) is 26.6. The van der Waals surface area contributed by atoms with Crippen LogP contribution in [0, 0.1) is 0 Å². The molecule has 0 aromatic heterocycles. The van der Waals surface area contributed by atoms with E-state index in [0.717, 1.165) is 83.5 Å². The van der Waals surface area contributed by atoms with Crippen LogP contribution in [0.5, 0.6) is 0 Å². The van der Waals surface area contributed by atoms with Crippen LogP contribution in [0.4, 0.5) is 0 Å². The van der Waals surface area contributed by atoms with Crippen LogP contribution in [0.25, 0.3) is 0 Å². The number of hydrogen-bond donors (Lipinski definition) is 2. The van der Waals surface area contributed by atoms with E-state index in [1.807, 2.05) is 27.2 Å². The molecule has 1 amide bonds. The molecule has 0 aromatic carbocycles. The average molecular weight is 1260 g/mol. The molecule has 3 unspecified atom stereocenters. The van der Waals surface area contributed by atoms with E-state index in [-0.39, 0.29) is 12.5 Å². The molecule has 0 saturated heterocycles. The number of likely N-dealkylation sites (N-methyl/N-ethyl adjacent to an activating group) is 1. The van der Waals surface area contributed by atoms with Crippen molar-refractivity contribution in [1.29, 1.82) is 0 Å². The topological polar surface area (TPSA) is 108 Å². The fourth-order valence-electron chi connectivity index (χ4n) is 10.9. The fraction of sp³-hybridized carbons (Fsp3) is 0.762. The molecule has 0 fully saturated rings. The van der Waals surface area contributed by atoms with Gasteiger partial charge in [-0.2, -0.15) is 0 Å². The molecule has 2 N–H and O–H groups in total. The van der Waals surface area contributed by atoms with Gasteiger partial charge in [0.05, 0.1) is 39.9 Å². The molecule has 8 nitrogen and oxygen atoms in total. The number of carbonyl (C=O) groups is 1. The van der Waals surface area contributed by atoms with Crippen LogP contribution < -0.4 is 10.2 Å². The van der Waals surface area contributed by atoms with Crippen LogP contribution in [0.1, 0.15) is 341 Å². The third kappa shape index (κ3) is 72.4. The predicted octanol–water partition coefficient (Wildman–Crippen LogP) is 24.0. The molecule has 0 aliphatic rings. The Bertz CT molecular complexity index is 1820. The summed E-state index contributed by atoms with van der Waals surface area (Å²) in [7, 11) is 1.24. The van der Waals surface area contributed by atoms with E-state index in [9.17, 15) is 19.4 Å². The van der Waals surface area contributed by atoms with Gasteiger partial charge in [0.15, 0.2) is 0 Å². The van der Waals surface area contributed by atoms with E-state index >= 15 is 0 Å². The number of carbonyl (C=O) groups excluding carboxylic acids is 1. The highest BCUT2D eigenvalue weighted by molar-refractivity contribution is 7.45. The summed E-state index contributed by atoms with van der Waals surface area (Å²) >= 11 is 0. The molecule has 0 aliphatic carbocycles. The second-order valence-corrected chi connectivity index (χ2v) is 28.0. The van der Waals surface area contributed by atoms with Gasteiger partial charge in [-0.1, -0.05) is 348 Å². The summed E-state index contributed by atoms with van der Waals surface area (Å²) in [6, 6.07) is -0.917. The summed E-state index contributed by atoms with van der Waals surface area (Å²) in [5, 5.41) is 14.0. The summed E-state index contributed by atoms with van der Waals surface area (Å²) in [4.78, 5) is 25.7. The number of phosphoric acid groups is 1. The molecule has 0 bridgehead atoms. The Balaban J connectivity index is 4.07. The molecule has 3 atom stereocenters. The molecule has 0 aromatic rings. The summed E-state index contributed by atoms with van der Waals surface area (Å²) in [5.41, 5.74) is 0. The maximum atomic E-state index is 13.1. The van der Waals surface area contributed by atoms with Gasteiger partial charge in [0, 0.05) is 6.42 Å². The first-order chi connectivity index (χ1) is 43.5. The molecule has 0 aliphatic heterocycles. The van der Waals surface area contributed by atoms with Gasteiger partial charge in [0.1, 0.15) is 13.2 Å². The lowest BCUT2D eigenvalue weighted by Crippen LogP contribution is -2.45. The van der Waals surface area contributed by atoms with Crippen molar-refractivity contribution in [3.8, 4) is 0 Å². The smallest absolute Gasteiger partial charge is 0.268 e. The van der Waals surface area contributed by atoms with Crippen molar-refractivity contribution in [2.45, 2.75) is 353 Å². The summed E-state index contributed by atoms with van der Waals surface area (Å²) in [6.45, 7) is 4.54. The number of aliphatic hydroxyl groups excluding tert-OH is 1. The lowest BCUT2D eigenvalue weighted by atomic mass is 10.0. The SMILES string of the molecule is CC/C=C\C/C=C\C/C=C\C/C=C\C/C=C\C/C=C\CCCCCCCCCCCCCCCCCCCCC(=O)NC(COP(=O)([O-])OCC[N+](C)(C)C)C(O)/C=C/CC/C=C/CC/C=C/CCCCCCCCCCCCCCCCCCCCCC. The number of nitrogens with zero attached hydrogens (tertiary/aromatic N) is 1. The van der Waals surface area contributed by atoms with Crippen molar-refractivity contribution in [1.82, 2.24) is 5.32 Å². The monoisotopic (exact) mass is 1260 g/mol. The zero-order valence-corrected chi connectivity index (χ0v) is 60.0. The van der Waals surface area contributed by atoms with Gasteiger partial charge in [0.25, 0.3) is 7.82 Å². The zero-order valence-electron chi connectivity index (χ0n) is 59.1. The standard InChI is InChI=1S/C80H145N2O6P/c1-6-8-10-12-14-16-18-20-22-24-26-28-30-32-34-36-38-39-40-41-42-43-44-46-48-50-52-54-56-58-60-62-64-66-68-70-72-74-80(84)81-78(77-88-89(85,86)87-76-75-82(3,4)5)79(83)73-71-69-67-65-63-61-59-57-55-53-51-49-47-45-37-35-33-31-29-27-25-23-21-19-17-15-13-11-9-7-2/h8,10,14,16,20,22,26,28,32,34,38-39,55,57,63,65,71,73,78-79,83H,6-7,9,11-13,15,17-19,21,23-25,27,29-31,33,35-37,40-54,56,58-62,64,66-70,72,74-77H2,1-5H3,(H-,81,84,85,86)/b10-8-,16-14-,22-20-,28-26-,34-32-,39-38-,57-55+,65-63+,73-71+. The summed E-state index contributed by atoms with van der Waals surface area (Å²) in [5.74, 6) is -0.209. The van der Waals surface area contributed by atoms with Crippen LogP contribution in [0.3, 0.4) is 0 Å². The third-order valence-corrected chi connectivity index (χ3v) is 17.7. The molecule has 0 heterocycles. The van der Waals surface area contributed by atoms with Gasteiger partial charge >= 0.3 is 0 Å². The first-order valence-corrected chi connectivity index (χ1v) is 39.2. The van der Waals surface area contributed by atoms with Gasteiger partial charge in [-0.3, -0.25) is 9.36 Å². The van der Waals surface area contributed by atoms with Crippen molar-refractivity contribution in [2.75, 3.05) is 40.9 Å². The number of amides is 1. The van der Waals surface area contributed by atoms with Crippen LogP contribution >= 0.6 is 7.82 Å². The molecule has 89 heavy (non-hydrogen) atoms. The number of hydrogen-bond acceptors (Lipinski definition) is 6. The normalized spacial score (nSPS) is 14.2. The maximum Gasteiger partial charge on any atom is 0.268 e. The largest absolute Gasteiger partial charge is 0.756 e. The quantitative estimate of drug-likeness (QED) is 0.0272. The first kappa shape index (κ1) is 86.2. The fourth-order valence-corrected chi connectivity index (χ4v) is 11.6. The summed E-state index contributed by atoms with van der Waals surface area (Å²) < 4.78 is 23.5. The van der Waals surface area contributed by atoms with Crippen molar-refractivity contribution in [3.05, 3.63) is 109 Å². The number of phosphoric ester groups is 1. The number of allylic oxidation sites excluding steroid dienone is 17. The minimum absolute atomic E-state index is 0.0116. The van der Waals surface area contributed by atoms with Crippen molar-refractivity contribution >= 4 is 13.7 Å². The van der Waals surface area contributed by atoms with Gasteiger partial charge in [-0.25, -0.2) is 0 Å². The first-order valence-electron chi connectivity index (χ1n) is 37.7. The lowest BCUT2D eigenvalue weighted by Gasteiger charge is -2.29. The molecule has 0 radical (unpaired) electrons. The van der Waals surface area contributed by atoms with Crippen molar-refractivity contribution in [2.24, 2.45) is 0 Å². The summed E-state index contributed by atoms with van der Waals surface area (Å²) in [6.07, 6.45) is 102. The van der Waals surface area contributed by atoms with E-state index in [2.05, 4.69) is 116 Å². The van der Waals surface area contributed by atoms with Gasteiger partial charge in [-0.15, -0.1) is 0 Å². The highest BCUT2D eigenvalue weighted by Gasteiger charge is 2.23. The highest BCUT2D eigenvalue weighted by atomic mass is 31.2. The second kappa shape index (κ2) is 69.5. The number of rotatable bonds is 69. The van der Waals surface area contributed by atoms with Crippen molar-refractivity contribution < 1.29 is 32.9 Å². The van der Waals surface area contributed by atoms with E-state index in [0.29, 0.717) is 17.4 Å². The molecular weight excluding hydrogens is 1120 g/mol. The van der Waals surface area contributed by atoms with E-state index in [1.54, 1.807) is 6.08 Å². The molecule has 0 spiro atoms. The molecule has 9 heteroatoms. The Morgan fingerprint density at radius 3 is 1.04 bits per heavy atom. The highest BCUT2D eigenvalue weighted by Crippen LogP contribution is 2.38. The number of unbranched alkanes of at least 4 members (excludes halogenated alkanes) is 40. The van der Waals surface area contributed by atoms with Crippen LogP contribution in [-0.4, -0.2) is 68.5 Å². The molecule has 516 valence electrons.